The van der Waals surface area contributed by atoms with Crippen LogP contribution in [0.5, 0.6) is 0 Å². The smallest absolute Gasteiger partial charge is 0.248 e. The molecule has 1 N–H and O–H groups in total. The van der Waals surface area contributed by atoms with E-state index in [-0.39, 0.29) is 42.8 Å². The molecule has 222 valence electrons. The summed E-state index contributed by atoms with van der Waals surface area (Å²) >= 11 is 0. The van der Waals surface area contributed by atoms with Gasteiger partial charge >= 0.3 is 0 Å². The average molecular weight is 564 g/mol. The van der Waals surface area contributed by atoms with Gasteiger partial charge in [0.05, 0.1) is 30.1 Å². The van der Waals surface area contributed by atoms with E-state index in [2.05, 4.69) is 20.1 Å². The maximum Gasteiger partial charge on any atom is 0.248 e. The molecule has 5 rings (SSSR count). The Morgan fingerprint density at radius 2 is 1.78 bits per heavy atom. The van der Waals surface area contributed by atoms with Crippen LogP contribution in [-0.4, -0.2) is 81.7 Å². The third kappa shape index (κ3) is 4.54. The summed E-state index contributed by atoms with van der Waals surface area (Å²) in [5, 5.41) is 10.3. The van der Waals surface area contributed by atoms with Gasteiger partial charge in [-0.3, -0.25) is 14.4 Å². The highest BCUT2D eigenvalue weighted by Gasteiger charge is 2.80. The monoisotopic (exact) mass is 563 g/mol. The van der Waals surface area contributed by atoms with Gasteiger partial charge in [0, 0.05) is 24.8 Å². The van der Waals surface area contributed by atoms with Gasteiger partial charge in [-0.05, 0) is 51.2 Å². The molecule has 8 heteroatoms. The highest BCUT2D eigenvalue weighted by Crippen LogP contribution is 2.66. The standard InChI is InChI=1S/C33H45N3O5/c1-6-18-34(24-14-10-8-11-15-24)29(38)26-27-30(39)36(23(4)21-37)28(33(27)20-22(3)32(26,5)41-33)31(40)35(19-7-2)25-16-12-9-13-17-25/h6-8,10-11,14-15,22-23,25-28,37H,1-2,9,12-13,16-21H2,3-5H3/t22?,23-,26-,27+,28?,32+,33?/m1/s1. The van der Waals surface area contributed by atoms with Crippen molar-refractivity contribution in [2.75, 3.05) is 24.6 Å². The number of hydrogen-bond acceptors (Lipinski definition) is 5. The quantitative estimate of drug-likeness (QED) is 0.436. The zero-order chi connectivity index (χ0) is 29.5. The molecule has 7 atom stereocenters. The van der Waals surface area contributed by atoms with Gasteiger partial charge in [-0.15, -0.1) is 13.2 Å². The number of fused-ring (bicyclic) bond motifs is 1. The van der Waals surface area contributed by atoms with E-state index < -0.39 is 35.1 Å². The molecule has 3 saturated heterocycles. The summed E-state index contributed by atoms with van der Waals surface area (Å²) in [5.41, 5.74) is -1.36. The number of nitrogens with zero attached hydrogens (tertiary/aromatic N) is 3. The molecule has 1 spiro atoms. The molecule has 4 fully saturated rings. The molecule has 3 unspecified atom stereocenters. The van der Waals surface area contributed by atoms with E-state index in [1.807, 2.05) is 42.2 Å². The molecular weight excluding hydrogens is 518 g/mol. The average Bonchev–Trinajstić information content (AvgIpc) is 3.50. The van der Waals surface area contributed by atoms with Crippen molar-refractivity contribution in [3.05, 3.63) is 55.6 Å². The summed E-state index contributed by atoms with van der Waals surface area (Å²) in [5.74, 6) is -2.33. The maximum atomic E-state index is 14.7. The Morgan fingerprint density at radius 3 is 2.39 bits per heavy atom. The van der Waals surface area contributed by atoms with Crippen LogP contribution in [0.4, 0.5) is 5.69 Å². The number of para-hydroxylation sites is 1. The van der Waals surface area contributed by atoms with E-state index in [1.165, 1.54) is 0 Å². The minimum absolute atomic E-state index is 0.0657. The first-order valence-corrected chi connectivity index (χ1v) is 15.2. The van der Waals surface area contributed by atoms with Crippen LogP contribution in [0, 0.1) is 17.8 Å². The molecular formula is C33H45N3O5. The van der Waals surface area contributed by atoms with Gasteiger partial charge in [0.1, 0.15) is 11.6 Å². The van der Waals surface area contributed by atoms with Crippen LogP contribution >= 0.6 is 0 Å². The third-order valence-electron chi connectivity index (χ3n) is 10.3. The van der Waals surface area contributed by atoms with Crippen molar-refractivity contribution in [3.8, 4) is 0 Å². The van der Waals surface area contributed by atoms with Gasteiger partial charge in [-0.2, -0.15) is 0 Å². The second-order valence-corrected chi connectivity index (χ2v) is 12.6. The zero-order valence-electron chi connectivity index (χ0n) is 24.7. The van der Waals surface area contributed by atoms with Gasteiger partial charge < -0.3 is 24.5 Å². The van der Waals surface area contributed by atoms with Crippen LogP contribution < -0.4 is 4.90 Å². The number of amides is 3. The van der Waals surface area contributed by atoms with E-state index in [0.29, 0.717) is 13.0 Å². The lowest BCUT2D eigenvalue weighted by Gasteiger charge is -2.42. The highest BCUT2D eigenvalue weighted by molar-refractivity contribution is 6.03. The van der Waals surface area contributed by atoms with Crippen LogP contribution in [0.2, 0.25) is 0 Å². The van der Waals surface area contributed by atoms with E-state index in [9.17, 15) is 19.5 Å². The fourth-order valence-corrected chi connectivity index (χ4v) is 8.23. The second-order valence-electron chi connectivity index (χ2n) is 12.6. The van der Waals surface area contributed by atoms with Crippen LogP contribution in [-0.2, 0) is 19.1 Å². The molecule has 1 aromatic rings. The summed E-state index contributed by atoms with van der Waals surface area (Å²) in [4.78, 5) is 48.8. The molecule has 3 heterocycles. The minimum Gasteiger partial charge on any atom is -0.394 e. The number of rotatable bonds is 10. The molecule has 41 heavy (non-hydrogen) atoms. The number of anilines is 1. The van der Waals surface area contributed by atoms with Gasteiger partial charge in [0.2, 0.25) is 17.7 Å². The molecule has 1 saturated carbocycles. The Kier molecular flexibility index (Phi) is 8.18. The Bertz CT molecular complexity index is 1180. The van der Waals surface area contributed by atoms with Crippen LogP contribution in [0.25, 0.3) is 0 Å². The summed E-state index contributed by atoms with van der Waals surface area (Å²) in [6.07, 6.45) is 9.01. The van der Waals surface area contributed by atoms with Gasteiger partial charge in [-0.1, -0.05) is 56.5 Å². The van der Waals surface area contributed by atoms with Crippen molar-refractivity contribution in [1.82, 2.24) is 9.80 Å². The number of carbonyl (C=O) groups excluding carboxylic acids is 3. The Hall–Kier alpha value is -2.97. The number of carbonyl (C=O) groups is 3. The first kappa shape index (κ1) is 29.5. The molecule has 3 amide bonds. The number of aliphatic hydroxyl groups is 1. The van der Waals surface area contributed by atoms with Crippen LogP contribution in [0.3, 0.4) is 0 Å². The minimum atomic E-state index is -1.16. The van der Waals surface area contributed by atoms with E-state index in [1.54, 1.807) is 28.9 Å². The predicted octanol–water partition coefficient (Wildman–Crippen LogP) is 3.94. The van der Waals surface area contributed by atoms with Gasteiger partial charge in [0.15, 0.2) is 0 Å². The maximum absolute atomic E-state index is 14.7. The molecule has 8 nitrogen and oxygen atoms in total. The summed E-state index contributed by atoms with van der Waals surface area (Å²) < 4.78 is 6.94. The largest absolute Gasteiger partial charge is 0.394 e. The van der Waals surface area contributed by atoms with E-state index in [0.717, 1.165) is 37.8 Å². The third-order valence-corrected chi connectivity index (χ3v) is 10.3. The molecule has 0 radical (unpaired) electrons. The van der Waals surface area contributed by atoms with Crippen molar-refractivity contribution in [3.63, 3.8) is 0 Å². The number of hydrogen-bond donors (Lipinski definition) is 1. The number of benzene rings is 1. The summed E-state index contributed by atoms with van der Waals surface area (Å²) in [7, 11) is 0. The zero-order valence-corrected chi connectivity index (χ0v) is 24.7. The molecule has 3 aliphatic heterocycles. The molecule has 2 bridgehead atoms. The van der Waals surface area contributed by atoms with Crippen molar-refractivity contribution in [2.45, 2.75) is 88.6 Å². The van der Waals surface area contributed by atoms with Gasteiger partial charge in [0.25, 0.3) is 0 Å². The van der Waals surface area contributed by atoms with Crippen LogP contribution in [0.15, 0.2) is 55.6 Å². The van der Waals surface area contributed by atoms with E-state index in [4.69, 9.17) is 4.74 Å². The summed E-state index contributed by atoms with van der Waals surface area (Å²) in [6, 6.07) is 7.93. The number of likely N-dealkylation sites (tertiary alicyclic amines) is 1. The Morgan fingerprint density at radius 1 is 1.12 bits per heavy atom. The molecule has 1 aromatic carbocycles. The second kappa shape index (κ2) is 11.4. The van der Waals surface area contributed by atoms with Gasteiger partial charge in [-0.25, -0.2) is 0 Å². The lowest BCUT2D eigenvalue weighted by Crippen LogP contribution is -2.60. The van der Waals surface area contributed by atoms with E-state index >= 15 is 0 Å². The number of aliphatic hydroxyl groups excluding tert-OH is 1. The molecule has 1 aliphatic carbocycles. The first-order chi connectivity index (χ1) is 19.7. The molecule has 0 aromatic heterocycles. The highest BCUT2D eigenvalue weighted by atomic mass is 16.5. The fraction of sp³-hybridized carbons (Fsp3) is 0.606. The SMILES string of the molecule is C=CCN(C(=O)[C@H]1[C@H]2C(=O)N([C@H](C)CO)C(C(=O)N(CC=C)C3CCCCC3)C23CC(C)[C@]1(C)O3)c1ccccc1. The normalized spacial score (nSPS) is 33.4. The van der Waals surface area contributed by atoms with Crippen molar-refractivity contribution >= 4 is 23.4 Å². The topological polar surface area (TPSA) is 90.4 Å². The lowest BCUT2D eigenvalue weighted by atomic mass is 9.62. The first-order valence-electron chi connectivity index (χ1n) is 15.2. The molecule has 4 aliphatic rings. The van der Waals surface area contributed by atoms with Crippen molar-refractivity contribution in [2.24, 2.45) is 17.8 Å². The van der Waals surface area contributed by atoms with Crippen molar-refractivity contribution < 1.29 is 24.2 Å². The Balaban J connectivity index is 1.60. The van der Waals surface area contributed by atoms with Crippen molar-refractivity contribution in [1.29, 1.82) is 0 Å². The fourth-order valence-electron chi connectivity index (χ4n) is 8.23. The predicted molar refractivity (Wildman–Crippen MR) is 158 cm³/mol. The lowest BCUT2D eigenvalue weighted by molar-refractivity contribution is -0.156. The van der Waals surface area contributed by atoms with Crippen LogP contribution in [0.1, 0.15) is 59.3 Å². The number of ether oxygens (including phenoxy) is 1. The Labute approximate surface area is 244 Å². The summed E-state index contributed by atoms with van der Waals surface area (Å²) in [6.45, 7) is 13.9.